The lowest BCUT2D eigenvalue weighted by Crippen LogP contribution is -2.38. The van der Waals surface area contributed by atoms with Crippen LogP contribution < -0.4 is 16.0 Å². The Hall–Kier alpha value is -2.71. The molecule has 1 aromatic carbocycles. The summed E-state index contributed by atoms with van der Waals surface area (Å²) in [6, 6.07) is 12.0. The number of thiophene rings is 1. The van der Waals surface area contributed by atoms with Crippen molar-refractivity contribution in [2.45, 2.75) is 25.0 Å². The first-order valence-electron chi connectivity index (χ1n) is 10.9. The molecule has 0 saturated carbocycles. The smallest absolute Gasteiger partial charge is 0.258 e. The predicted octanol–water partition coefficient (Wildman–Crippen LogP) is 4.28. The summed E-state index contributed by atoms with van der Waals surface area (Å²) < 4.78 is 2.04. The van der Waals surface area contributed by atoms with Gasteiger partial charge in [0, 0.05) is 53.4 Å². The van der Waals surface area contributed by atoms with Crippen LogP contribution in [-0.2, 0) is 17.0 Å². The number of rotatable bonds is 5. The number of benzene rings is 1. The Bertz CT molecular complexity index is 1110. The fraction of sp³-hybridized carbons (Fsp3) is 0.333. The molecule has 2 amide bonds. The number of piperidine rings is 1. The van der Waals surface area contributed by atoms with Crippen molar-refractivity contribution in [3.63, 3.8) is 0 Å². The Morgan fingerprint density at radius 2 is 1.78 bits per heavy atom. The molecule has 2 aliphatic heterocycles. The van der Waals surface area contributed by atoms with Gasteiger partial charge in [0.1, 0.15) is 5.00 Å². The second kappa shape index (κ2) is 9.03. The minimum atomic E-state index is -0.198. The van der Waals surface area contributed by atoms with Crippen LogP contribution in [0.15, 0.2) is 48.8 Å². The summed E-state index contributed by atoms with van der Waals surface area (Å²) >= 11 is 3.65. The molecule has 0 aliphatic carbocycles. The second-order valence-electron chi connectivity index (χ2n) is 8.24. The molecule has 0 unspecified atom stereocenters. The van der Waals surface area contributed by atoms with Crippen LogP contribution in [0.3, 0.4) is 0 Å². The number of fused-ring (bicyclic) bond motifs is 1. The van der Waals surface area contributed by atoms with Gasteiger partial charge in [0.05, 0.1) is 5.56 Å². The maximum atomic E-state index is 13.4. The highest BCUT2D eigenvalue weighted by Gasteiger charge is 2.27. The van der Waals surface area contributed by atoms with Crippen molar-refractivity contribution >= 4 is 46.3 Å². The van der Waals surface area contributed by atoms with Gasteiger partial charge in [0.2, 0.25) is 5.91 Å². The molecule has 1 fully saturated rings. The van der Waals surface area contributed by atoms with Gasteiger partial charge in [-0.05, 0) is 67.0 Å². The summed E-state index contributed by atoms with van der Waals surface area (Å²) in [4.78, 5) is 28.3. The third-order valence-corrected chi connectivity index (χ3v) is 8.67. The molecule has 1 saturated heterocycles. The van der Waals surface area contributed by atoms with E-state index in [0.717, 1.165) is 65.8 Å². The number of nitrogens with one attached hydrogen (secondary N) is 1. The lowest BCUT2D eigenvalue weighted by Gasteiger charge is -2.32. The summed E-state index contributed by atoms with van der Waals surface area (Å²) in [7, 11) is 0. The number of nitrogens with two attached hydrogens (primary N) is 1. The summed E-state index contributed by atoms with van der Waals surface area (Å²) in [5.74, 6) is 1.76. The highest BCUT2D eigenvalue weighted by atomic mass is 32.2. The largest absolute Gasteiger partial charge is 0.371 e. The van der Waals surface area contributed by atoms with Crippen LogP contribution in [0.25, 0.3) is 5.00 Å². The fourth-order valence-corrected chi connectivity index (χ4v) is 6.92. The number of amides is 2. The number of primary amides is 1. The SMILES string of the molecule is NC(=O)C1CCN(c2ccc(NC(=O)c3c(-n4cccc4)sc4c3CCSC4)cc2)CC1. The molecule has 32 heavy (non-hydrogen) atoms. The van der Waals surface area contributed by atoms with Gasteiger partial charge in [0.15, 0.2) is 0 Å². The Morgan fingerprint density at radius 1 is 1.06 bits per heavy atom. The van der Waals surface area contributed by atoms with E-state index < -0.39 is 0 Å². The number of hydrogen-bond acceptors (Lipinski definition) is 5. The Labute approximate surface area is 195 Å². The summed E-state index contributed by atoms with van der Waals surface area (Å²) in [5.41, 5.74) is 9.33. The van der Waals surface area contributed by atoms with Crippen molar-refractivity contribution in [2.75, 3.05) is 29.1 Å². The summed E-state index contributed by atoms with van der Waals surface area (Å²) in [6.45, 7) is 1.64. The van der Waals surface area contributed by atoms with E-state index in [9.17, 15) is 9.59 Å². The standard InChI is InChI=1S/C24H26N4O2S2/c25-22(29)16-7-12-27(13-8-16)18-5-3-17(4-6-18)26-23(30)21-19-9-14-31-15-20(19)32-24(21)28-10-1-2-11-28/h1-6,10-11,16H,7-9,12-15H2,(H2,25,29)(H,26,30). The molecule has 2 aromatic heterocycles. The third kappa shape index (κ3) is 4.17. The van der Waals surface area contributed by atoms with Crippen LogP contribution in [0.1, 0.15) is 33.6 Å². The zero-order chi connectivity index (χ0) is 22.1. The van der Waals surface area contributed by atoms with E-state index in [2.05, 4.69) is 10.2 Å². The molecule has 2 aliphatic rings. The zero-order valence-corrected chi connectivity index (χ0v) is 19.4. The van der Waals surface area contributed by atoms with Gasteiger partial charge in [-0.2, -0.15) is 11.8 Å². The van der Waals surface area contributed by atoms with Gasteiger partial charge < -0.3 is 20.5 Å². The summed E-state index contributed by atoms with van der Waals surface area (Å²) in [5, 5.41) is 4.11. The van der Waals surface area contributed by atoms with Crippen molar-refractivity contribution in [3.8, 4) is 5.00 Å². The maximum Gasteiger partial charge on any atom is 0.258 e. The van der Waals surface area contributed by atoms with Crippen molar-refractivity contribution in [1.29, 1.82) is 0 Å². The average Bonchev–Trinajstić information content (AvgIpc) is 3.47. The average molecular weight is 467 g/mol. The Balaban J connectivity index is 1.33. The quantitative estimate of drug-likeness (QED) is 0.588. The summed E-state index contributed by atoms with van der Waals surface area (Å²) in [6.07, 6.45) is 6.50. The van der Waals surface area contributed by atoms with E-state index in [4.69, 9.17) is 5.73 Å². The lowest BCUT2D eigenvalue weighted by molar-refractivity contribution is -0.122. The van der Waals surface area contributed by atoms with Crippen LogP contribution in [0.5, 0.6) is 0 Å². The molecular weight excluding hydrogens is 440 g/mol. The van der Waals surface area contributed by atoms with Crippen LogP contribution in [-0.4, -0.2) is 35.2 Å². The molecule has 4 heterocycles. The number of nitrogens with zero attached hydrogens (tertiary/aromatic N) is 2. The van der Waals surface area contributed by atoms with Gasteiger partial charge in [-0.15, -0.1) is 11.3 Å². The van der Waals surface area contributed by atoms with Crippen LogP contribution in [0.4, 0.5) is 11.4 Å². The van der Waals surface area contributed by atoms with Crippen molar-refractivity contribution in [1.82, 2.24) is 4.57 Å². The molecule has 0 atom stereocenters. The van der Waals surface area contributed by atoms with E-state index in [1.165, 1.54) is 10.4 Å². The van der Waals surface area contributed by atoms with Gasteiger partial charge >= 0.3 is 0 Å². The van der Waals surface area contributed by atoms with Gasteiger partial charge in [-0.3, -0.25) is 9.59 Å². The first kappa shape index (κ1) is 21.2. The van der Waals surface area contributed by atoms with Crippen LogP contribution >= 0.6 is 23.1 Å². The minimum absolute atomic E-state index is 0.0192. The zero-order valence-electron chi connectivity index (χ0n) is 17.8. The minimum Gasteiger partial charge on any atom is -0.371 e. The molecule has 166 valence electrons. The number of carbonyl (C=O) groups is 2. The normalized spacial score (nSPS) is 16.6. The third-order valence-electron chi connectivity index (χ3n) is 6.26. The number of thioether (sulfide) groups is 1. The van der Waals surface area contributed by atoms with E-state index in [1.54, 1.807) is 11.3 Å². The lowest BCUT2D eigenvalue weighted by atomic mass is 9.96. The first-order chi connectivity index (χ1) is 15.6. The molecule has 0 bridgehead atoms. The Kier molecular flexibility index (Phi) is 5.97. The Morgan fingerprint density at radius 3 is 2.47 bits per heavy atom. The fourth-order valence-electron chi connectivity index (χ4n) is 4.48. The molecule has 5 rings (SSSR count). The molecule has 3 aromatic rings. The monoisotopic (exact) mass is 466 g/mol. The number of anilines is 2. The number of aromatic nitrogens is 1. The highest BCUT2D eigenvalue weighted by molar-refractivity contribution is 7.98. The highest BCUT2D eigenvalue weighted by Crippen LogP contribution is 2.38. The number of hydrogen-bond donors (Lipinski definition) is 2. The van der Waals surface area contributed by atoms with Crippen LogP contribution in [0, 0.1) is 5.92 Å². The van der Waals surface area contributed by atoms with Crippen molar-refractivity contribution in [2.24, 2.45) is 11.7 Å². The van der Waals surface area contributed by atoms with E-state index in [0.29, 0.717) is 0 Å². The molecule has 8 heteroatoms. The van der Waals surface area contributed by atoms with Gasteiger partial charge in [-0.25, -0.2) is 0 Å². The molecular formula is C24H26N4O2S2. The second-order valence-corrected chi connectivity index (χ2v) is 10.4. The van der Waals surface area contributed by atoms with Crippen molar-refractivity contribution in [3.05, 3.63) is 64.8 Å². The van der Waals surface area contributed by atoms with Crippen molar-refractivity contribution < 1.29 is 9.59 Å². The van der Waals surface area contributed by atoms with E-state index in [1.807, 2.05) is 65.1 Å². The van der Waals surface area contributed by atoms with Gasteiger partial charge in [-0.1, -0.05) is 0 Å². The molecule has 6 nitrogen and oxygen atoms in total. The molecule has 0 spiro atoms. The maximum absolute atomic E-state index is 13.4. The topological polar surface area (TPSA) is 80.4 Å². The molecule has 3 N–H and O–H groups in total. The van der Waals surface area contributed by atoms with Crippen LogP contribution in [0.2, 0.25) is 0 Å². The van der Waals surface area contributed by atoms with E-state index in [-0.39, 0.29) is 17.7 Å². The van der Waals surface area contributed by atoms with E-state index >= 15 is 0 Å². The van der Waals surface area contributed by atoms with Gasteiger partial charge in [0.25, 0.3) is 5.91 Å². The first-order valence-corrected chi connectivity index (χ1v) is 12.9. The molecule has 0 radical (unpaired) electrons. The predicted molar refractivity (Wildman–Crippen MR) is 132 cm³/mol. The number of carbonyl (C=O) groups excluding carboxylic acids is 2.